The van der Waals surface area contributed by atoms with Crippen molar-refractivity contribution in [3.8, 4) is 0 Å². The third-order valence-electron chi connectivity index (χ3n) is 2.04. The molecule has 0 aliphatic carbocycles. The highest BCUT2D eigenvalue weighted by Crippen LogP contribution is 2.17. The van der Waals surface area contributed by atoms with Crippen molar-refractivity contribution in [3.05, 3.63) is 34.5 Å². The number of ether oxygens (including phenoxy) is 1. The number of nitro groups is 1. The van der Waals surface area contributed by atoms with Crippen molar-refractivity contribution in [2.45, 2.75) is 26.4 Å². The number of non-ortho nitro benzene ring substituents is 1. The van der Waals surface area contributed by atoms with Crippen LogP contribution in [-0.2, 0) is 9.53 Å². The van der Waals surface area contributed by atoms with Gasteiger partial charge in [0.15, 0.2) is 0 Å². The van der Waals surface area contributed by atoms with Gasteiger partial charge in [0.1, 0.15) is 5.60 Å². The van der Waals surface area contributed by atoms with E-state index in [1.807, 2.05) is 20.8 Å². The SMILES string of the molecule is CC(C)(C)OC=O.O=[N+]([O-])c1ccc2[nH]ncc2c1. The second-order valence-electron chi connectivity index (χ2n) is 4.73. The lowest BCUT2D eigenvalue weighted by Crippen LogP contribution is -2.17. The summed E-state index contributed by atoms with van der Waals surface area (Å²) < 4.78 is 4.55. The van der Waals surface area contributed by atoms with E-state index in [0.717, 1.165) is 10.9 Å². The fraction of sp³-hybridized carbons (Fsp3) is 0.333. The van der Waals surface area contributed by atoms with Crippen LogP contribution in [0.4, 0.5) is 5.69 Å². The smallest absolute Gasteiger partial charge is 0.293 e. The van der Waals surface area contributed by atoms with Gasteiger partial charge in [0.05, 0.1) is 16.6 Å². The molecule has 0 radical (unpaired) electrons. The number of benzene rings is 1. The first kappa shape index (κ1) is 14.6. The number of fused-ring (bicyclic) bond motifs is 1. The standard InChI is InChI=1S/C7H5N3O2.C5H10O2/c11-10(12)6-1-2-7-5(3-6)4-8-9-7;1-5(2,3)7-4-6/h1-4H,(H,8,9);4H,1-3H3. The van der Waals surface area contributed by atoms with Crippen LogP contribution in [0.3, 0.4) is 0 Å². The molecule has 1 N–H and O–H groups in total. The molecule has 0 aliphatic rings. The molecule has 2 aromatic rings. The van der Waals surface area contributed by atoms with Crippen molar-refractivity contribution >= 4 is 23.1 Å². The Morgan fingerprint density at radius 1 is 1.42 bits per heavy atom. The molecule has 0 aliphatic heterocycles. The molecule has 1 aromatic heterocycles. The summed E-state index contributed by atoms with van der Waals surface area (Å²) in [5, 5.41) is 17.6. The lowest BCUT2D eigenvalue weighted by Gasteiger charge is -2.14. The Morgan fingerprint density at radius 3 is 2.58 bits per heavy atom. The number of carbonyl (C=O) groups excluding carboxylic acids is 1. The highest BCUT2D eigenvalue weighted by Gasteiger charge is 2.07. The lowest BCUT2D eigenvalue weighted by molar-refractivity contribution is -0.384. The minimum Gasteiger partial charge on any atom is -0.462 e. The van der Waals surface area contributed by atoms with Crippen LogP contribution in [0.15, 0.2) is 24.4 Å². The number of hydrogen-bond acceptors (Lipinski definition) is 5. The lowest BCUT2D eigenvalue weighted by atomic mass is 10.2. The van der Waals surface area contributed by atoms with E-state index in [-0.39, 0.29) is 11.3 Å². The average Bonchev–Trinajstić information content (AvgIpc) is 2.74. The topological polar surface area (TPSA) is 98.1 Å². The van der Waals surface area contributed by atoms with Gasteiger partial charge in [0.25, 0.3) is 12.2 Å². The first-order valence-electron chi connectivity index (χ1n) is 5.52. The maximum Gasteiger partial charge on any atom is 0.293 e. The molecule has 0 saturated heterocycles. The average molecular weight is 265 g/mol. The fourth-order valence-electron chi connectivity index (χ4n) is 1.19. The molecule has 1 heterocycles. The number of rotatable bonds is 2. The van der Waals surface area contributed by atoms with Crippen molar-refractivity contribution in [1.29, 1.82) is 0 Å². The number of aromatic nitrogens is 2. The molecule has 0 amide bonds. The van der Waals surface area contributed by atoms with Gasteiger partial charge in [-0.3, -0.25) is 20.0 Å². The molecule has 19 heavy (non-hydrogen) atoms. The molecule has 0 atom stereocenters. The summed E-state index contributed by atoms with van der Waals surface area (Å²) >= 11 is 0. The van der Waals surface area contributed by atoms with Gasteiger partial charge < -0.3 is 4.74 Å². The van der Waals surface area contributed by atoms with Crippen LogP contribution >= 0.6 is 0 Å². The Morgan fingerprint density at radius 2 is 2.11 bits per heavy atom. The highest BCUT2D eigenvalue weighted by molar-refractivity contribution is 5.80. The predicted octanol–water partition coefficient (Wildman–Crippen LogP) is 2.43. The summed E-state index contributed by atoms with van der Waals surface area (Å²) in [7, 11) is 0. The third-order valence-corrected chi connectivity index (χ3v) is 2.04. The van der Waals surface area contributed by atoms with E-state index in [2.05, 4.69) is 14.9 Å². The fourth-order valence-corrected chi connectivity index (χ4v) is 1.19. The monoisotopic (exact) mass is 265 g/mol. The summed E-state index contributed by atoms with van der Waals surface area (Å²) in [6.45, 7) is 5.92. The van der Waals surface area contributed by atoms with E-state index in [1.54, 1.807) is 12.3 Å². The summed E-state index contributed by atoms with van der Waals surface area (Å²) in [5.41, 5.74) is 0.575. The number of H-pyrrole nitrogens is 1. The minimum atomic E-state index is -0.424. The molecule has 2 rings (SSSR count). The maximum atomic E-state index is 10.3. The van der Waals surface area contributed by atoms with Gasteiger partial charge in [-0.05, 0) is 26.8 Å². The number of hydrogen-bond donors (Lipinski definition) is 1. The van der Waals surface area contributed by atoms with Crippen LogP contribution in [0.2, 0.25) is 0 Å². The number of aromatic amines is 1. The Balaban J connectivity index is 0.000000224. The highest BCUT2D eigenvalue weighted by atomic mass is 16.6. The summed E-state index contributed by atoms with van der Waals surface area (Å²) in [5.74, 6) is 0. The molecule has 0 bridgehead atoms. The molecular weight excluding hydrogens is 250 g/mol. The zero-order valence-electron chi connectivity index (χ0n) is 10.9. The van der Waals surface area contributed by atoms with Gasteiger partial charge in [0, 0.05) is 17.5 Å². The van der Waals surface area contributed by atoms with E-state index >= 15 is 0 Å². The second kappa shape index (κ2) is 5.94. The van der Waals surface area contributed by atoms with Crippen molar-refractivity contribution in [2.24, 2.45) is 0 Å². The normalized spacial score (nSPS) is 10.5. The van der Waals surface area contributed by atoms with Gasteiger partial charge in [-0.15, -0.1) is 0 Å². The van der Waals surface area contributed by atoms with E-state index < -0.39 is 4.92 Å². The zero-order valence-corrected chi connectivity index (χ0v) is 10.9. The third kappa shape index (κ3) is 4.74. The number of nitrogens with one attached hydrogen (secondary N) is 1. The van der Waals surface area contributed by atoms with Gasteiger partial charge in [-0.1, -0.05) is 0 Å². The molecule has 7 heteroatoms. The van der Waals surface area contributed by atoms with Gasteiger partial charge in [-0.25, -0.2) is 0 Å². The molecule has 0 unspecified atom stereocenters. The first-order valence-corrected chi connectivity index (χ1v) is 5.52. The van der Waals surface area contributed by atoms with Crippen molar-refractivity contribution in [2.75, 3.05) is 0 Å². The van der Waals surface area contributed by atoms with Crippen molar-refractivity contribution < 1.29 is 14.5 Å². The number of nitro benzene ring substituents is 1. The maximum absolute atomic E-state index is 10.3. The van der Waals surface area contributed by atoms with E-state index in [9.17, 15) is 14.9 Å². The van der Waals surface area contributed by atoms with E-state index in [0.29, 0.717) is 6.47 Å². The van der Waals surface area contributed by atoms with Crippen LogP contribution in [0.25, 0.3) is 10.9 Å². The van der Waals surface area contributed by atoms with Crippen LogP contribution in [0, 0.1) is 10.1 Å². The summed E-state index contributed by atoms with van der Waals surface area (Å²) in [6, 6.07) is 4.57. The summed E-state index contributed by atoms with van der Waals surface area (Å²) in [6.07, 6.45) is 1.56. The molecule has 102 valence electrons. The predicted molar refractivity (Wildman–Crippen MR) is 69.7 cm³/mol. The van der Waals surface area contributed by atoms with Crippen LogP contribution in [0.1, 0.15) is 20.8 Å². The molecule has 0 spiro atoms. The Hall–Kier alpha value is -2.44. The molecular formula is C12H15N3O4. The molecule has 0 fully saturated rings. The quantitative estimate of drug-likeness (QED) is 0.510. The van der Waals surface area contributed by atoms with Crippen LogP contribution in [-0.4, -0.2) is 27.2 Å². The Labute approximate surface area is 109 Å². The molecule has 0 saturated carbocycles. The molecule has 1 aromatic carbocycles. The second-order valence-corrected chi connectivity index (χ2v) is 4.73. The van der Waals surface area contributed by atoms with Gasteiger partial charge in [0.2, 0.25) is 0 Å². The van der Waals surface area contributed by atoms with Crippen molar-refractivity contribution in [1.82, 2.24) is 10.2 Å². The van der Waals surface area contributed by atoms with Gasteiger partial charge in [-0.2, -0.15) is 5.10 Å². The van der Waals surface area contributed by atoms with Crippen LogP contribution in [0.5, 0.6) is 0 Å². The van der Waals surface area contributed by atoms with Gasteiger partial charge >= 0.3 is 0 Å². The van der Waals surface area contributed by atoms with E-state index in [1.165, 1.54) is 12.1 Å². The summed E-state index contributed by atoms with van der Waals surface area (Å²) in [4.78, 5) is 19.5. The zero-order chi connectivity index (χ0) is 14.5. The Bertz CT molecular complexity index is 572. The molecule has 7 nitrogen and oxygen atoms in total. The largest absolute Gasteiger partial charge is 0.462 e. The Kier molecular flexibility index (Phi) is 4.57. The van der Waals surface area contributed by atoms with E-state index in [4.69, 9.17) is 0 Å². The number of nitrogens with zero attached hydrogens (tertiary/aromatic N) is 2. The first-order chi connectivity index (χ1) is 8.83. The van der Waals surface area contributed by atoms with Crippen LogP contribution < -0.4 is 0 Å². The number of carbonyl (C=O) groups is 1. The minimum absolute atomic E-state index is 0.0869. The van der Waals surface area contributed by atoms with Crippen molar-refractivity contribution in [3.63, 3.8) is 0 Å².